The number of carbonyl (C=O) groups excluding carboxylic acids is 7. The maximum absolute atomic E-state index is 15.1. The van der Waals surface area contributed by atoms with Crippen LogP contribution >= 0.6 is 0 Å². The molecule has 3 amide bonds. The van der Waals surface area contributed by atoms with Gasteiger partial charge in [0.25, 0.3) is 11.8 Å². The quantitative estimate of drug-likeness (QED) is 0.0563. The minimum atomic E-state index is -2.36. The Kier molecular flexibility index (Phi) is 15.6. The summed E-state index contributed by atoms with van der Waals surface area (Å²) in [6, 6.07) is 14.4. The first-order valence-electron chi connectivity index (χ1n) is 23.9. The number of rotatable bonds is 15. The molecule has 2 aromatic rings. The van der Waals surface area contributed by atoms with E-state index in [9.17, 15) is 49.2 Å². The number of nitrogens with zero attached hydrogens (tertiary/aromatic N) is 1. The molecule has 2 aliphatic heterocycles. The smallest absolute Gasteiger partial charge is 0.408 e. The number of amides is 3. The molecule has 3 fully saturated rings. The van der Waals surface area contributed by atoms with E-state index in [1.54, 1.807) is 83.1 Å². The molecule has 0 radical (unpaired) electrons. The molecule has 0 aromatic heterocycles. The predicted molar refractivity (Wildman–Crippen MR) is 249 cm³/mol. The van der Waals surface area contributed by atoms with Gasteiger partial charge in [-0.3, -0.25) is 19.3 Å². The van der Waals surface area contributed by atoms with Crippen molar-refractivity contribution in [2.24, 2.45) is 22.7 Å². The molecule has 72 heavy (non-hydrogen) atoms. The molecular weight excluding hydrogens is 941 g/mol. The van der Waals surface area contributed by atoms with Crippen LogP contribution in [-0.4, -0.2) is 147 Å². The van der Waals surface area contributed by atoms with E-state index in [1.807, 2.05) is 0 Å². The Balaban J connectivity index is 1.28. The molecule has 5 unspecified atom stereocenters. The van der Waals surface area contributed by atoms with Crippen LogP contribution in [0.1, 0.15) is 96.6 Å². The molecule has 7 rings (SSSR count). The Labute approximate surface area is 416 Å². The molecule has 5 aliphatic rings. The number of alkyl carbamates (subject to hydrolysis) is 1. The summed E-state index contributed by atoms with van der Waals surface area (Å²) in [5.74, 6) is -7.21. The van der Waals surface area contributed by atoms with Crippen LogP contribution in [-0.2, 0) is 57.1 Å². The summed E-state index contributed by atoms with van der Waals surface area (Å²) in [4.78, 5) is 94.1. The standard InChI is InChI=1S/C52H64N2O18/c1-27-32(68-46(63)42(40(29-16-11-9-12-17-29)53-48(64)72-49(3,4)5)70-36(59)26-66-23-15-22-54-34(57)20-21-35(54)58)25-52(65)44(71-45(62)30-18-13-10-14-19-30)39-37-31(69-47(37)67-28(2)55)24-33(56)51(39,8)43(61)41(60)38(27)50(52,6)7/h9-14,16-21,31-33,37,39-44,47,56,60-61,65H,15,22-26H2,1-8H3,(H,53,64)/t31-,32+,33+,37-,39?,40?,41-,42-,43?,44?,47?,51-,52-/m1/s1. The lowest BCUT2D eigenvalue weighted by Gasteiger charge is -2.67. The van der Waals surface area contributed by atoms with E-state index in [-0.39, 0.29) is 48.3 Å². The van der Waals surface area contributed by atoms with E-state index in [2.05, 4.69) is 5.32 Å². The van der Waals surface area contributed by atoms with Gasteiger partial charge in [-0.25, -0.2) is 19.2 Å². The molecule has 13 atom stereocenters. The highest BCUT2D eigenvalue weighted by atomic mass is 16.7. The summed E-state index contributed by atoms with van der Waals surface area (Å²) in [6.45, 7) is 11.3. The van der Waals surface area contributed by atoms with Gasteiger partial charge in [-0.1, -0.05) is 69.3 Å². The maximum Gasteiger partial charge on any atom is 0.408 e. The Bertz CT molecular complexity index is 2450. The number of hydrogen-bond acceptors (Lipinski definition) is 18. The van der Waals surface area contributed by atoms with E-state index in [1.165, 1.54) is 32.9 Å². The lowest BCUT2D eigenvalue weighted by atomic mass is 9.45. The molecular formula is C52H64N2O18. The Hall–Kier alpha value is -6.03. The highest BCUT2D eigenvalue weighted by molar-refractivity contribution is 6.12. The van der Waals surface area contributed by atoms with Crippen molar-refractivity contribution >= 4 is 41.8 Å². The molecule has 2 saturated carbocycles. The summed E-state index contributed by atoms with van der Waals surface area (Å²) < 4.78 is 41.1. The van der Waals surface area contributed by atoms with Crippen LogP contribution in [0.15, 0.2) is 84.0 Å². The number of carbonyl (C=O) groups is 7. The van der Waals surface area contributed by atoms with E-state index in [0.29, 0.717) is 0 Å². The number of ether oxygens (including phenoxy) is 7. The number of fused-ring (bicyclic) bond motifs is 5. The first-order chi connectivity index (χ1) is 33.8. The summed E-state index contributed by atoms with van der Waals surface area (Å²) in [7, 11) is 0. The van der Waals surface area contributed by atoms with E-state index >= 15 is 4.79 Å². The average molecular weight is 1010 g/mol. The molecule has 3 aliphatic carbocycles. The maximum atomic E-state index is 15.1. The third-order valence-electron chi connectivity index (χ3n) is 14.7. The normalized spacial score (nSPS) is 31.3. The van der Waals surface area contributed by atoms with Crippen molar-refractivity contribution in [3.63, 3.8) is 0 Å². The highest BCUT2D eigenvalue weighted by Crippen LogP contribution is 2.64. The van der Waals surface area contributed by atoms with Crippen molar-refractivity contribution in [1.29, 1.82) is 0 Å². The highest BCUT2D eigenvalue weighted by Gasteiger charge is 2.74. The monoisotopic (exact) mass is 1000 g/mol. The van der Waals surface area contributed by atoms with Crippen molar-refractivity contribution in [1.82, 2.24) is 10.2 Å². The first kappa shape index (κ1) is 53.8. The van der Waals surface area contributed by atoms with Crippen LogP contribution in [0.25, 0.3) is 0 Å². The van der Waals surface area contributed by atoms with E-state index in [4.69, 9.17) is 33.2 Å². The van der Waals surface area contributed by atoms with E-state index in [0.717, 1.165) is 17.1 Å². The number of aliphatic hydroxyl groups is 4. The molecule has 20 heteroatoms. The molecule has 20 nitrogen and oxygen atoms in total. The van der Waals surface area contributed by atoms with Crippen molar-refractivity contribution < 1.29 is 87.1 Å². The zero-order chi connectivity index (χ0) is 52.7. The third-order valence-corrected chi connectivity index (χ3v) is 14.7. The summed E-state index contributed by atoms with van der Waals surface area (Å²) in [5.41, 5.74) is -6.33. The van der Waals surface area contributed by atoms with Gasteiger partial charge in [-0.15, -0.1) is 0 Å². The van der Waals surface area contributed by atoms with Gasteiger partial charge in [-0.05, 0) is 63.0 Å². The van der Waals surface area contributed by atoms with Gasteiger partial charge in [0.15, 0.2) is 0 Å². The van der Waals surface area contributed by atoms with Crippen molar-refractivity contribution in [2.45, 2.75) is 141 Å². The molecule has 1 saturated heterocycles. The van der Waals surface area contributed by atoms with Crippen LogP contribution < -0.4 is 5.32 Å². The Morgan fingerprint density at radius 2 is 1.53 bits per heavy atom. The third kappa shape index (κ3) is 10.4. The minimum absolute atomic E-state index is 0.00432. The number of benzene rings is 2. The summed E-state index contributed by atoms with van der Waals surface area (Å²) >= 11 is 0. The molecule has 5 N–H and O–H groups in total. The van der Waals surface area contributed by atoms with Gasteiger partial charge in [-0.2, -0.15) is 0 Å². The molecule has 2 aromatic carbocycles. The van der Waals surface area contributed by atoms with Crippen LogP contribution in [0.5, 0.6) is 0 Å². The van der Waals surface area contributed by atoms with Crippen LogP contribution in [0.2, 0.25) is 0 Å². The van der Waals surface area contributed by atoms with Gasteiger partial charge in [0, 0.05) is 61.8 Å². The zero-order valence-electron chi connectivity index (χ0n) is 41.5. The van der Waals surface area contributed by atoms with Gasteiger partial charge in [0.05, 0.1) is 29.8 Å². The van der Waals surface area contributed by atoms with Crippen LogP contribution in [0.3, 0.4) is 0 Å². The average Bonchev–Trinajstić information content (AvgIpc) is 3.63. The molecule has 0 spiro atoms. The number of nitrogens with one attached hydrogen (secondary N) is 1. The zero-order valence-corrected chi connectivity index (χ0v) is 41.5. The summed E-state index contributed by atoms with van der Waals surface area (Å²) in [5, 5.41) is 53.4. The molecule has 390 valence electrons. The fraction of sp³-hybridized carbons (Fsp3) is 0.558. The number of imide groups is 1. The first-order valence-corrected chi connectivity index (χ1v) is 23.9. The van der Waals surface area contributed by atoms with Crippen molar-refractivity contribution in [3.05, 3.63) is 95.1 Å². The Morgan fingerprint density at radius 3 is 2.14 bits per heavy atom. The number of hydrogen-bond donors (Lipinski definition) is 5. The lowest BCUT2D eigenvalue weighted by molar-refractivity contribution is -0.368. The second kappa shape index (κ2) is 20.8. The van der Waals surface area contributed by atoms with Gasteiger partial charge in [0.2, 0.25) is 12.4 Å². The van der Waals surface area contributed by atoms with E-state index < -0.39 is 144 Å². The van der Waals surface area contributed by atoms with Crippen molar-refractivity contribution in [2.75, 3.05) is 19.8 Å². The van der Waals surface area contributed by atoms with Gasteiger partial charge >= 0.3 is 30.0 Å². The minimum Gasteiger partial charge on any atom is -0.455 e. The number of esters is 4. The lowest BCUT2D eigenvalue weighted by Crippen LogP contribution is -2.77. The largest absolute Gasteiger partial charge is 0.455 e. The topological polar surface area (TPSA) is 280 Å². The fourth-order valence-corrected chi connectivity index (χ4v) is 11.1. The van der Waals surface area contributed by atoms with Crippen molar-refractivity contribution in [3.8, 4) is 0 Å². The SMILES string of the molecule is CC(=O)OC1O[C@@H]2C[C@H](O)[C@]3(C)C(C(OC(=O)c4ccccc4)[C@]4(O)C[C@H](OC(=O)[C@H](OC(=O)COCCCN5C(=O)C=CC5=O)C(NC(=O)OC(C)(C)C)c5ccccc5)C(C)=C([C@@H](O)C3O)C4(C)C)[C@H]12. The Morgan fingerprint density at radius 1 is 0.903 bits per heavy atom. The van der Waals surface area contributed by atoms with Crippen LogP contribution in [0.4, 0.5) is 4.79 Å². The second-order valence-electron chi connectivity index (χ2n) is 20.7. The van der Waals surface area contributed by atoms with Gasteiger partial charge in [0.1, 0.15) is 42.2 Å². The molecule has 2 heterocycles. The molecule has 2 bridgehead atoms. The predicted octanol–water partition coefficient (Wildman–Crippen LogP) is 3.14. The fourth-order valence-electron chi connectivity index (χ4n) is 11.1. The van der Waals surface area contributed by atoms with Gasteiger partial charge < -0.3 is 58.9 Å². The summed E-state index contributed by atoms with van der Waals surface area (Å²) in [6.07, 6.45) is -11.8. The second-order valence-corrected chi connectivity index (χ2v) is 20.7. The number of aliphatic hydroxyl groups excluding tert-OH is 3. The van der Waals surface area contributed by atoms with Crippen LogP contribution in [0, 0.1) is 22.7 Å².